The third kappa shape index (κ3) is 2.31. The van der Waals surface area contributed by atoms with E-state index in [1.165, 1.54) is 7.11 Å². The Hall–Kier alpha value is -2.57. The lowest BCUT2D eigenvalue weighted by atomic mass is 10.1. The number of amides is 1. The zero-order valence-electron chi connectivity index (χ0n) is 11.8. The largest absolute Gasteiger partial charge is 0.492 e. The molecule has 7 nitrogen and oxygen atoms in total. The van der Waals surface area contributed by atoms with Crippen molar-refractivity contribution < 1.29 is 24.1 Å². The summed E-state index contributed by atoms with van der Waals surface area (Å²) >= 11 is 0. The number of carbonyl (C=O) groups is 1. The Morgan fingerprint density at radius 2 is 2.19 bits per heavy atom. The van der Waals surface area contributed by atoms with E-state index >= 15 is 0 Å². The molecule has 0 spiro atoms. The summed E-state index contributed by atoms with van der Waals surface area (Å²) in [5.41, 5.74) is 0.963. The third-order valence-electron chi connectivity index (χ3n) is 3.58. The van der Waals surface area contributed by atoms with Gasteiger partial charge in [0.1, 0.15) is 6.17 Å². The normalized spacial score (nSPS) is 20.6. The van der Waals surface area contributed by atoms with Crippen LogP contribution in [-0.2, 0) is 16.0 Å². The summed E-state index contributed by atoms with van der Waals surface area (Å²) in [7, 11) is 3.03. The molecule has 0 fully saturated rings. The maximum absolute atomic E-state index is 11.8. The maximum atomic E-state index is 11.8. The first kappa shape index (κ1) is 13.4. The summed E-state index contributed by atoms with van der Waals surface area (Å²) in [4.78, 5) is 13.4. The van der Waals surface area contributed by atoms with Crippen molar-refractivity contribution in [2.45, 2.75) is 12.6 Å². The second-order valence-corrected chi connectivity index (χ2v) is 4.85. The van der Waals surface area contributed by atoms with Gasteiger partial charge in [-0.05, 0) is 17.7 Å². The molecule has 7 heteroatoms. The molecule has 2 heterocycles. The summed E-state index contributed by atoms with van der Waals surface area (Å²) in [6.45, 7) is 0.222. The van der Waals surface area contributed by atoms with Crippen LogP contribution in [-0.4, -0.2) is 43.0 Å². The van der Waals surface area contributed by atoms with Crippen molar-refractivity contribution >= 4 is 5.91 Å². The molecule has 21 heavy (non-hydrogen) atoms. The number of ether oxygens (including phenoxy) is 3. The fourth-order valence-corrected chi connectivity index (χ4v) is 2.39. The number of carbonyl (C=O) groups excluding carboxylic acids is 1. The Bertz CT molecular complexity index is 613. The van der Waals surface area contributed by atoms with Crippen LogP contribution in [0.4, 0.5) is 0 Å². The molecule has 1 atom stereocenters. The number of benzene rings is 1. The third-order valence-corrected chi connectivity index (χ3v) is 3.58. The molecule has 0 saturated carbocycles. The smallest absolute Gasteiger partial charge is 0.293 e. The summed E-state index contributed by atoms with van der Waals surface area (Å²) in [6.07, 6.45) is 0.150. The first-order valence-corrected chi connectivity index (χ1v) is 6.49. The predicted molar refractivity (Wildman–Crippen MR) is 72.6 cm³/mol. The average molecular weight is 292 g/mol. The number of methoxy groups -OCH3 is 1. The molecule has 112 valence electrons. The number of hydrogen-bond donors (Lipinski definition) is 2. The molecule has 1 aromatic rings. The van der Waals surface area contributed by atoms with Gasteiger partial charge in [0.25, 0.3) is 5.91 Å². The lowest BCUT2D eigenvalue weighted by molar-refractivity contribution is -0.125. The monoisotopic (exact) mass is 292 g/mol. The number of fused-ring (bicyclic) bond motifs is 1. The summed E-state index contributed by atoms with van der Waals surface area (Å²) in [5.74, 6) is 0.712. The molecule has 3 rings (SSSR count). The molecular weight excluding hydrogens is 276 g/mol. The maximum Gasteiger partial charge on any atom is 0.293 e. The predicted octanol–water partition coefficient (Wildman–Crippen LogP) is 0.719. The van der Waals surface area contributed by atoms with Crippen LogP contribution in [0, 0.1) is 0 Å². The van der Waals surface area contributed by atoms with E-state index in [2.05, 4.69) is 5.32 Å². The van der Waals surface area contributed by atoms with Gasteiger partial charge in [-0.1, -0.05) is 6.07 Å². The van der Waals surface area contributed by atoms with E-state index in [0.717, 1.165) is 5.56 Å². The molecule has 2 N–H and O–H groups in total. The molecule has 1 aromatic carbocycles. The Labute approximate surface area is 121 Å². The first-order chi connectivity index (χ1) is 10.1. The molecule has 1 unspecified atom stereocenters. The number of aliphatic hydroxyl groups is 1. The standard InChI is InChI=1S/C14H16N2O5/c1-16-11(15-13(17)12(19-2)14(16)18)6-8-3-4-9-10(5-8)21-7-20-9/h3-5,11,18H,6-7H2,1-2H3,(H,15,17). The summed E-state index contributed by atoms with van der Waals surface area (Å²) in [6, 6.07) is 5.60. The molecule has 0 saturated heterocycles. The number of rotatable bonds is 3. The Balaban J connectivity index is 1.79. The highest BCUT2D eigenvalue weighted by Crippen LogP contribution is 2.33. The van der Waals surface area contributed by atoms with Gasteiger partial charge in [0.05, 0.1) is 7.11 Å². The van der Waals surface area contributed by atoms with Crippen LogP contribution in [0.3, 0.4) is 0 Å². The number of aliphatic hydroxyl groups excluding tert-OH is 1. The second kappa shape index (κ2) is 5.08. The Kier molecular flexibility index (Phi) is 3.25. The SMILES string of the molecule is COC1=C(O)N(C)C(Cc2ccc3c(c2)OCO3)NC1=O. The molecule has 0 aliphatic carbocycles. The van der Waals surface area contributed by atoms with E-state index in [1.807, 2.05) is 18.2 Å². The Morgan fingerprint density at radius 1 is 1.43 bits per heavy atom. The minimum atomic E-state index is -0.432. The van der Waals surface area contributed by atoms with Gasteiger partial charge in [-0.3, -0.25) is 4.79 Å². The zero-order valence-corrected chi connectivity index (χ0v) is 11.8. The molecular formula is C14H16N2O5. The minimum absolute atomic E-state index is 0.0839. The molecule has 0 bridgehead atoms. The lowest BCUT2D eigenvalue weighted by Gasteiger charge is -2.34. The quantitative estimate of drug-likeness (QED) is 0.854. The van der Waals surface area contributed by atoms with Crippen LogP contribution in [0.1, 0.15) is 5.56 Å². The van der Waals surface area contributed by atoms with E-state index in [9.17, 15) is 9.90 Å². The first-order valence-electron chi connectivity index (χ1n) is 6.49. The number of nitrogens with one attached hydrogen (secondary N) is 1. The van der Waals surface area contributed by atoms with Crippen LogP contribution < -0.4 is 14.8 Å². The van der Waals surface area contributed by atoms with E-state index in [1.54, 1.807) is 11.9 Å². The topological polar surface area (TPSA) is 80.3 Å². The average Bonchev–Trinajstić information content (AvgIpc) is 2.92. The van der Waals surface area contributed by atoms with Gasteiger partial charge in [0.15, 0.2) is 11.5 Å². The number of nitrogens with zero attached hydrogens (tertiary/aromatic N) is 1. The van der Waals surface area contributed by atoms with Crippen LogP contribution >= 0.6 is 0 Å². The number of likely N-dealkylation sites (N-methyl/N-ethyl adjacent to an activating group) is 1. The molecule has 2 aliphatic heterocycles. The highest BCUT2D eigenvalue weighted by atomic mass is 16.7. The lowest BCUT2D eigenvalue weighted by Crippen LogP contribution is -2.52. The number of hydrogen-bond acceptors (Lipinski definition) is 6. The molecule has 1 amide bonds. The van der Waals surface area contributed by atoms with E-state index in [-0.39, 0.29) is 24.6 Å². The fourth-order valence-electron chi connectivity index (χ4n) is 2.39. The van der Waals surface area contributed by atoms with Gasteiger partial charge in [-0.25, -0.2) is 0 Å². The van der Waals surface area contributed by atoms with Crippen LogP contribution in [0.2, 0.25) is 0 Å². The van der Waals surface area contributed by atoms with Crippen molar-refractivity contribution in [2.75, 3.05) is 21.0 Å². The zero-order chi connectivity index (χ0) is 15.0. The van der Waals surface area contributed by atoms with E-state index < -0.39 is 5.91 Å². The van der Waals surface area contributed by atoms with Crippen molar-refractivity contribution in [2.24, 2.45) is 0 Å². The Morgan fingerprint density at radius 3 is 2.95 bits per heavy atom. The molecule has 2 aliphatic rings. The summed E-state index contributed by atoms with van der Waals surface area (Å²) in [5, 5.41) is 12.8. The van der Waals surface area contributed by atoms with Crippen molar-refractivity contribution in [3.05, 3.63) is 35.4 Å². The van der Waals surface area contributed by atoms with Gasteiger partial charge in [0.2, 0.25) is 18.4 Å². The highest BCUT2D eigenvalue weighted by Gasteiger charge is 2.32. The molecule has 0 radical (unpaired) electrons. The van der Waals surface area contributed by atoms with Gasteiger partial charge in [0, 0.05) is 13.5 Å². The van der Waals surface area contributed by atoms with Gasteiger partial charge < -0.3 is 29.5 Å². The van der Waals surface area contributed by atoms with Crippen molar-refractivity contribution in [1.82, 2.24) is 10.2 Å². The fraction of sp³-hybridized carbons (Fsp3) is 0.357. The molecule has 0 aromatic heterocycles. The van der Waals surface area contributed by atoms with Crippen LogP contribution in [0.15, 0.2) is 29.8 Å². The van der Waals surface area contributed by atoms with Gasteiger partial charge in [-0.15, -0.1) is 0 Å². The second-order valence-electron chi connectivity index (χ2n) is 4.85. The van der Waals surface area contributed by atoms with Crippen LogP contribution in [0.5, 0.6) is 11.5 Å². The van der Waals surface area contributed by atoms with Crippen molar-refractivity contribution in [3.8, 4) is 11.5 Å². The minimum Gasteiger partial charge on any atom is -0.492 e. The van der Waals surface area contributed by atoms with Gasteiger partial charge in [-0.2, -0.15) is 0 Å². The van der Waals surface area contributed by atoms with Crippen molar-refractivity contribution in [3.63, 3.8) is 0 Å². The highest BCUT2D eigenvalue weighted by molar-refractivity contribution is 5.92. The van der Waals surface area contributed by atoms with Crippen LogP contribution in [0.25, 0.3) is 0 Å². The van der Waals surface area contributed by atoms with Gasteiger partial charge >= 0.3 is 0 Å². The van der Waals surface area contributed by atoms with E-state index in [4.69, 9.17) is 14.2 Å². The van der Waals surface area contributed by atoms with E-state index in [0.29, 0.717) is 17.9 Å². The van der Waals surface area contributed by atoms with Crippen molar-refractivity contribution in [1.29, 1.82) is 0 Å². The summed E-state index contributed by atoms with van der Waals surface area (Å²) < 4.78 is 15.5.